The Hall–Kier alpha value is -2.68. The molecule has 1 saturated heterocycles. The number of rotatable bonds is 3. The third-order valence-electron chi connectivity index (χ3n) is 6.22. The smallest absolute Gasteiger partial charge is 0.370 e. The molecule has 6 nitrogen and oxygen atoms in total. The molecule has 9 heteroatoms. The quantitative estimate of drug-likeness (QED) is 0.766. The van der Waals surface area contributed by atoms with Gasteiger partial charge < -0.3 is 14.5 Å². The van der Waals surface area contributed by atoms with Gasteiger partial charge in [-0.2, -0.15) is 13.2 Å². The monoisotopic (exact) mass is 418 g/mol. The molecule has 2 aromatic heterocycles. The highest BCUT2D eigenvalue weighted by Crippen LogP contribution is 2.34. The van der Waals surface area contributed by atoms with Crippen LogP contribution in [-0.2, 0) is 42.0 Å². The molecule has 3 aliphatic heterocycles. The lowest BCUT2D eigenvalue weighted by atomic mass is 9.95. The number of anilines is 1. The molecule has 0 N–H and O–H groups in total. The Morgan fingerprint density at radius 2 is 1.97 bits per heavy atom. The first kappa shape index (κ1) is 19.3. The largest absolute Gasteiger partial charge is 0.433 e. The van der Waals surface area contributed by atoms with Gasteiger partial charge in [-0.15, -0.1) is 0 Å². The molecule has 0 aliphatic carbocycles. The summed E-state index contributed by atoms with van der Waals surface area (Å²) in [5, 5.41) is 0. The van der Waals surface area contributed by atoms with E-state index in [0.717, 1.165) is 28.6 Å². The van der Waals surface area contributed by atoms with Crippen molar-refractivity contribution >= 4 is 11.6 Å². The van der Waals surface area contributed by atoms with Gasteiger partial charge in [-0.25, -0.2) is 4.98 Å². The van der Waals surface area contributed by atoms with Crippen LogP contribution in [0.2, 0.25) is 0 Å². The van der Waals surface area contributed by atoms with E-state index in [4.69, 9.17) is 9.72 Å². The molecule has 1 fully saturated rings. The fourth-order valence-corrected chi connectivity index (χ4v) is 4.44. The predicted molar refractivity (Wildman–Crippen MR) is 101 cm³/mol. The van der Waals surface area contributed by atoms with Crippen molar-refractivity contribution in [3.8, 4) is 0 Å². The molecule has 1 amide bonds. The summed E-state index contributed by atoms with van der Waals surface area (Å²) in [4.78, 5) is 24.8. The standard InChI is InChI=1S/C21H21F3N4O2/c1-12-15-8-28(9-17(15)26-18-11-30-10-16(12)18)20(29)4-13-6-27(7-13)14-2-3-19(25-5-14)21(22,23)24/h2-3,5,13H,4,6-11H2,1H3. The van der Waals surface area contributed by atoms with Gasteiger partial charge in [-0.3, -0.25) is 9.78 Å². The minimum absolute atomic E-state index is 0.0963. The third kappa shape index (κ3) is 3.30. The maximum atomic E-state index is 12.8. The maximum absolute atomic E-state index is 12.8. The molecule has 0 saturated carbocycles. The van der Waals surface area contributed by atoms with Crippen LogP contribution in [0.4, 0.5) is 18.9 Å². The number of halogens is 3. The van der Waals surface area contributed by atoms with Gasteiger partial charge >= 0.3 is 6.18 Å². The minimum atomic E-state index is -4.43. The maximum Gasteiger partial charge on any atom is 0.433 e. The van der Waals surface area contributed by atoms with Crippen LogP contribution < -0.4 is 4.90 Å². The van der Waals surface area contributed by atoms with Crippen LogP contribution in [0.25, 0.3) is 0 Å². The number of hydrogen-bond donors (Lipinski definition) is 0. The van der Waals surface area contributed by atoms with E-state index in [9.17, 15) is 18.0 Å². The van der Waals surface area contributed by atoms with Crippen LogP contribution in [-0.4, -0.2) is 33.9 Å². The second kappa shape index (κ2) is 6.94. The van der Waals surface area contributed by atoms with Crippen molar-refractivity contribution in [2.24, 2.45) is 5.92 Å². The number of amides is 1. The van der Waals surface area contributed by atoms with Crippen LogP contribution >= 0.6 is 0 Å². The molecule has 0 radical (unpaired) electrons. The highest BCUT2D eigenvalue weighted by Gasteiger charge is 2.35. The molecular weight excluding hydrogens is 397 g/mol. The summed E-state index contributed by atoms with van der Waals surface area (Å²) in [6.07, 6.45) is -2.76. The van der Waals surface area contributed by atoms with Gasteiger partial charge in [-0.1, -0.05) is 0 Å². The van der Waals surface area contributed by atoms with Gasteiger partial charge in [0.25, 0.3) is 0 Å². The molecule has 5 rings (SSSR count). The topological polar surface area (TPSA) is 58.6 Å². The number of alkyl halides is 3. The SMILES string of the molecule is Cc1c2c(nc3c1CN(C(=O)CC1CN(c4ccc(C(F)(F)F)nc4)C1)C3)COC2. The Morgan fingerprint density at radius 1 is 1.17 bits per heavy atom. The molecule has 0 bridgehead atoms. The summed E-state index contributed by atoms with van der Waals surface area (Å²) in [6, 6.07) is 2.43. The van der Waals surface area contributed by atoms with Gasteiger partial charge in [0.2, 0.25) is 5.91 Å². The first-order chi connectivity index (χ1) is 14.3. The summed E-state index contributed by atoms with van der Waals surface area (Å²) in [5.41, 5.74) is 5.19. The van der Waals surface area contributed by atoms with Crippen molar-refractivity contribution in [3.05, 3.63) is 52.1 Å². The Bertz CT molecular complexity index is 1000. The Morgan fingerprint density at radius 3 is 2.67 bits per heavy atom. The minimum Gasteiger partial charge on any atom is -0.370 e. The van der Waals surface area contributed by atoms with Crippen molar-refractivity contribution in [1.82, 2.24) is 14.9 Å². The van der Waals surface area contributed by atoms with Gasteiger partial charge in [0.1, 0.15) is 5.69 Å². The number of ether oxygens (including phenoxy) is 1. The zero-order valence-electron chi connectivity index (χ0n) is 16.5. The second-order valence-corrected chi connectivity index (χ2v) is 8.20. The number of carbonyl (C=O) groups excluding carboxylic acids is 1. The molecule has 0 unspecified atom stereocenters. The summed E-state index contributed by atoms with van der Waals surface area (Å²) in [5.74, 6) is 0.287. The van der Waals surface area contributed by atoms with Crippen LogP contribution in [0.5, 0.6) is 0 Å². The summed E-state index contributed by atoms with van der Waals surface area (Å²) < 4.78 is 43.4. The number of nitrogens with zero attached hydrogens (tertiary/aromatic N) is 4. The van der Waals surface area contributed by atoms with Crippen LogP contribution in [0.3, 0.4) is 0 Å². The summed E-state index contributed by atoms with van der Waals surface area (Å²) >= 11 is 0. The van der Waals surface area contributed by atoms with Crippen LogP contribution in [0, 0.1) is 12.8 Å². The molecule has 3 aliphatic rings. The predicted octanol–water partition coefficient (Wildman–Crippen LogP) is 3.20. The molecule has 30 heavy (non-hydrogen) atoms. The Kier molecular flexibility index (Phi) is 4.46. The zero-order valence-corrected chi connectivity index (χ0v) is 16.5. The first-order valence-corrected chi connectivity index (χ1v) is 9.93. The Balaban J connectivity index is 1.17. The molecule has 0 atom stereocenters. The highest BCUT2D eigenvalue weighted by molar-refractivity contribution is 5.77. The molecule has 158 valence electrons. The number of fused-ring (bicyclic) bond motifs is 2. The molecule has 2 aromatic rings. The molecular formula is C21H21F3N4O2. The number of carbonyl (C=O) groups is 1. The van der Waals surface area contributed by atoms with Crippen LogP contribution in [0.15, 0.2) is 18.3 Å². The van der Waals surface area contributed by atoms with Crippen molar-refractivity contribution in [1.29, 1.82) is 0 Å². The van der Waals surface area contributed by atoms with E-state index in [1.54, 1.807) is 0 Å². The van der Waals surface area contributed by atoms with E-state index in [1.807, 2.05) is 9.80 Å². The van der Waals surface area contributed by atoms with Gasteiger partial charge in [0.15, 0.2) is 0 Å². The normalized spacial score (nSPS) is 18.4. The first-order valence-electron chi connectivity index (χ1n) is 9.93. The van der Waals surface area contributed by atoms with Gasteiger partial charge in [0.05, 0.1) is 43.0 Å². The van der Waals surface area contributed by atoms with E-state index in [2.05, 4.69) is 11.9 Å². The summed E-state index contributed by atoms with van der Waals surface area (Å²) in [7, 11) is 0. The van der Waals surface area contributed by atoms with E-state index >= 15 is 0 Å². The van der Waals surface area contributed by atoms with Crippen molar-refractivity contribution in [3.63, 3.8) is 0 Å². The van der Waals surface area contributed by atoms with Crippen LogP contribution in [0.1, 0.15) is 40.2 Å². The fourth-order valence-electron chi connectivity index (χ4n) is 4.44. The van der Waals surface area contributed by atoms with Crippen molar-refractivity contribution < 1.29 is 22.7 Å². The molecule has 0 spiro atoms. The number of aromatic nitrogens is 2. The lowest BCUT2D eigenvalue weighted by Crippen LogP contribution is -2.48. The number of pyridine rings is 2. The molecule has 0 aromatic carbocycles. The van der Waals surface area contributed by atoms with E-state index in [-0.39, 0.29) is 11.8 Å². The number of hydrogen-bond acceptors (Lipinski definition) is 5. The van der Waals surface area contributed by atoms with Gasteiger partial charge in [0, 0.05) is 37.5 Å². The lowest BCUT2D eigenvalue weighted by Gasteiger charge is -2.41. The van der Waals surface area contributed by atoms with Crippen molar-refractivity contribution in [2.45, 2.75) is 45.8 Å². The average molecular weight is 418 g/mol. The summed E-state index contributed by atoms with van der Waals surface area (Å²) in [6.45, 7) is 5.59. The lowest BCUT2D eigenvalue weighted by molar-refractivity contribution is -0.141. The fraction of sp³-hybridized carbons (Fsp3) is 0.476. The molecule has 5 heterocycles. The van der Waals surface area contributed by atoms with Crippen molar-refractivity contribution in [2.75, 3.05) is 18.0 Å². The van der Waals surface area contributed by atoms with E-state index < -0.39 is 11.9 Å². The highest BCUT2D eigenvalue weighted by atomic mass is 19.4. The van der Waals surface area contributed by atoms with E-state index in [1.165, 1.54) is 17.8 Å². The zero-order chi connectivity index (χ0) is 21.0. The average Bonchev–Trinajstić information content (AvgIpc) is 3.31. The Labute approximate surface area is 171 Å². The second-order valence-electron chi connectivity index (χ2n) is 8.20. The van der Waals surface area contributed by atoms with E-state index in [0.29, 0.717) is 51.5 Å². The third-order valence-corrected chi connectivity index (χ3v) is 6.22. The van der Waals surface area contributed by atoms with Gasteiger partial charge in [-0.05, 0) is 30.2 Å².